The summed E-state index contributed by atoms with van der Waals surface area (Å²) in [5.74, 6) is 0.346. The van der Waals surface area contributed by atoms with Gasteiger partial charge in [-0.15, -0.1) is 0 Å². The molecule has 0 aliphatic rings. The van der Waals surface area contributed by atoms with Gasteiger partial charge in [-0.05, 0) is 36.6 Å². The van der Waals surface area contributed by atoms with Crippen molar-refractivity contribution in [3.05, 3.63) is 52.2 Å². The third-order valence-electron chi connectivity index (χ3n) is 2.93. The molecule has 0 amide bonds. The highest BCUT2D eigenvalue weighted by molar-refractivity contribution is 7.85. The molecule has 0 atom stereocenters. The lowest BCUT2D eigenvalue weighted by Gasteiger charge is -2.10. The number of aromatic nitrogens is 1. The molecule has 7 heteroatoms. The van der Waals surface area contributed by atoms with Gasteiger partial charge in [0.25, 0.3) is 10.1 Å². The number of ether oxygens (including phenoxy) is 1. The predicted octanol–water partition coefficient (Wildman–Crippen LogP) is 2.89. The molecule has 1 aromatic heterocycles. The Labute approximate surface area is 128 Å². The number of nitrogens with zero attached hydrogens (tertiary/aromatic N) is 1. The van der Waals surface area contributed by atoms with Gasteiger partial charge >= 0.3 is 0 Å². The largest absolute Gasteiger partial charge is 0.481 e. The summed E-state index contributed by atoms with van der Waals surface area (Å²) in [4.78, 5) is 3.85. The molecular weight excluding hydrogens is 314 g/mol. The highest BCUT2D eigenvalue weighted by Gasteiger charge is 2.16. The first-order valence-electron chi connectivity index (χ1n) is 6.07. The summed E-state index contributed by atoms with van der Waals surface area (Å²) in [6.07, 6.45) is 0.287. The lowest BCUT2D eigenvalue weighted by Crippen LogP contribution is -2.04. The molecule has 1 N–H and O–H groups in total. The van der Waals surface area contributed by atoms with Crippen LogP contribution in [0, 0.1) is 6.92 Å². The Hall–Kier alpha value is -1.63. The SMILES string of the molecule is COc1cc(Cc2cc(C)ccc2S(=O)(=O)O)cc(Cl)n1. The van der Waals surface area contributed by atoms with E-state index in [0.29, 0.717) is 11.4 Å². The molecule has 0 aliphatic heterocycles. The van der Waals surface area contributed by atoms with Crippen molar-refractivity contribution in [2.75, 3.05) is 7.11 Å². The van der Waals surface area contributed by atoms with Gasteiger partial charge in [-0.2, -0.15) is 8.42 Å². The zero-order valence-corrected chi connectivity index (χ0v) is 13.1. The molecule has 0 spiro atoms. The zero-order chi connectivity index (χ0) is 15.6. The van der Waals surface area contributed by atoms with Crippen LogP contribution in [0.5, 0.6) is 5.88 Å². The molecule has 2 rings (SSSR count). The number of pyridine rings is 1. The van der Waals surface area contributed by atoms with Crippen LogP contribution in [-0.4, -0.2) is 25.1 Å². The van der Waals surface area contributed by atoms with Crippen LogP contribution in [-0.2, 0) is 16.5 Å². The molecule has 0 unspecified atom stereocenters. The lowest BCUT2D eigenvalue weighted by atomic mass is 10.0. The molecule has 0 radical (unpaired) electrons. The van der Waals surface area contributed by atoms with E-state index < -0.39 is 10.1 Å². The van der Waals surface area contributed by atoms with Crippen molar-refractivity contribution in [3.8, 4) is 5.88 Å². The molecule has 0 saturated heterocycles. The van der Waals surface area contributed by atoms with Gasteiger partial charge in [0.05, 0.1) is 12.0 Å². The van der Waals surface area contributed by atoms with Crippen molar-refractivity contribution in [1.82, 2.24) is 4.98 Å². The van der Waals surface area contributed by atoms with Gasteiger partial charge in [-0.1, -0.05) is 29.3 Å². The number of rotatable bonds is 4. The van der Waals surface area contributed by atoms with Crippen LogP contribution in [0.2, 0.25) is 5.15 Å². The Morgan fingerprint density at radius 1 is 1.29 bits per heavy atom. The number of methoxy groups -OCH3 is 1. The minimum Gasteiger partial charge on any atom is -0.481 e. The van der Waals surface area contributed by atoms with Crippen LogP contribution >= 0.6 is 11.6 Å². The standard InChI is InChI=1S/C14H14ClNO4S/c1-9-3-4-12(21(17,18)19)11(5-9)6-10-7-13(15)16-14(8-10)20-2/h3-5,7-8H,6H2,1-2H3,(H,17,18,19). The van der Waals surface area contributed by atoms with E-state index in [1.54, 1.807) is 24.3 Å². The molecular formula is C14H14ClNO4S. The van der Waals surface area contributed by atoms with Gasteiger partial charge in [0.15, 0.2) is 0 Å². The summed E-state index contributed by atoms with van der Waals surface area (Å²) in [5, 5.41) is 0.255. The van der Waals surface area contributed by atoms with E-state index in [2.05, 4.69) is 4.98 Å². The topological polar surface area (TPSA) is 76.5 Å². The monoisotopic (exact) mass is 327 g/mol. The summed E-state index contributed by atoms with van der Waals surface area (Å²) in [6, 6.07) is 8.03. The maximum absolute atomic E-state index is 11.4. The normalized spacial score (nSPS) is 11.4. The Kier molecular flexibility index (Phi) is 4.51. The Morgan fingerprint density at radius 2 is 2.00 bits per heavy atom. The highest BCUT2D eigenvalue weighted by Crippen LogP contribution is 2.23. The number of halogens is 1. The zero-order valence-electron chi connectivity index (χ0n) is 11.5. The summed E-state index contributed by atoms with van der Waals surface area (Å²) >= 11 is 5.90. The molecule has 2 aromatic rings. The highest BCUT2D eigenvalue weighted by atomic mass is 35.5. The third kappa shape index (κ3) is 3.93. The van der Waals surface area contributed by atoms with Crippen LogP contribution in [0.1, 0.15) is 16.7 Å². The summed E-state index contributed by atoms with van der Waals surface area (Å²) in [6.45, 7) is 1.84. The number of benzene rings is 1. The van der Waals surface area contributed by atoms with Crippen LogP contribution < -0.4 is 4.74 Å². The second-order valence-electron chi connectivity index (χ2n) is 4.60. The first kappa shape index (κ1) is 15.8. The molecule has 0 aliphatic carbocycles. The van der Waals surface area contributed by atoms with Gasteiger partial charge in [0.1, 0.15) is 5.15 Å². The summed E-state index contributed by atoms with van der Waals surface area (Å²) in [7, 11) is -2.81. The van der Waals surface area contributed by atoms with E-state index in [1.165, 1.54) is 13.2 Å². The first-order chi connectivity index (χ1) is 9.79. The van der Waals surface area contributed by atoms with Gasteiger partial charge in [0, 0.05) is 6.07 Å². The van der Waals surface area contributed by atoms with Crippen LogP contribution in [0.3, 0.4) is 0 Å². The second kappa shape index (κ2) is 6.01. The maximum Gasteiger partial charge on any atom is 0.294 e. The Morgan fingerprint density at radius 3 is 2.62 bits per heavy atom. The van der Waals surface area contributed by atoms with Gasteiger partial charge < -0.3 is 4.74 Å². The van der Waals surface area contributed by atoms with Gasteiger partial charge in [-0.25, -0.2) is 4.98 Å². The van der Waals surface area contributed by atoms with Crippen molar-refractivity contribution < 1.29 is 17.7 Å². The number of hydrogen-bond donors (Lipinski definition) is 1. The van der Waals surface area contributed by atoms with Gasteiger partial charge in [0.2, 0.25) is 5.88 Å². The average Bonchev–Trinajstić information content (AvgIpc) is 2.36. The third-order valence-corrected chi connectivity index (χ3v) is 4.08. The number of hydrogen-bond acceptors (Lipinski definition) is 4. The fraction of sp³-hybridized carbons (Fsp3) is 0.214. The molecule has 1 heterocycles. The van der Waals surface area contributed by atoms with E-state index in [9.17, 15) is 13.0 Å². The lowest BCUT2D eigenvalue weighted by molar-refractivity contribution is 0.397. The molecule has 0 bridgehead atoms. The molecule has 5 nitrogen and oxygen atoms in total. The van der Waals surface area contributed by atoms with Crippen molar-refractivity contribution >= 4 is 21.7 Å². The van der Waals surface area contributed by atoms with Crippen molar-refractivity contribution in [1.29, 1.82) is 0 Å². The Bertz CT molecular complexity index is 775. The van der Waals surface area contributed by atoms with E-state index in [1.807, 2.05) is 6.92 Å². The fourth-order valence-electron chi connectivity index (χ4n) is 2.05. The van der Waals surface area contributed by atoms with Crippen molar-refractivity contribution in [2.24, 2.45) is 0 Å². The summed E-state index contributed by atoms with van der Waals surface area (Å²) < 4.78 is 37.2. The molecule has 0 saturated carbocycles. The first-order valence-corrected chi connectivity index (χ1v) is 7.89. The predicted molar refractivity (Wildman–Crippen MR) is 79.6 cm³/mol. The molecule has 1 aromatic carbocycles. The van der Waals surface area contributed by atoms with Crippen molar-refractivity contribution in [2.45, 2.75) is 18.2 Å². The number of aryl methyl sites for hydroxylation is 1. The summed E-state index contributed by atoms with van der Waals surface area (Å²) in [5.41, 5.74) is 2.12. The van der Waals surface area contributed by atoms with E-state index in [4.69, 9.17) is 16.3 Å². The fourth-order valence-corrected chi connectivity index (χ4v) is 2.97. The minimum atomic E-state index is -4.28. The molecule has 112 valence electrons. The average molecular weight is 328 g/mol. The van der Waals surface area contributed by atoms with Crippen molar-refractivity contribution in [3.63, 3.8) is 0 Å². The maximum atomic E-state index is 11.4. The molecule has 0 fully saturated rings. The quantitative estimate of drug-likeness (QED) is 0.690. The van der Waals surface area contributed by atoms with Crippen LogP contribution in [0.15, 0.2) is 35.2 Å². The van der Waals surface area contributed by atoms with Gasteiger partial charge in [-0.3, -0.25) is 4.55 Å². The van der Waals surface area contributed by atoms with Crippen LogP contribution in [0.4, 0.5) is 0 Å². The molecule has 21 heavy (non-hydrogen) atoms. The van der Waals surface area contributed by atoms with E-state index in [-0.39, 0.29) is 16.5 Å². The van der Waals surface area contributed by atoms with E-state index >= 15 is 0 Å². The Balaban J connectivity index is 2.49. The smallest absolute Gasteiger partial charge is 0.294 e. The second-order valence-corrected chi connectivity index (χ2v) is 6.38. The van der Waals surface area contributed by atoms with E-state index in [0.717, 1.165) is 11.1 Å². The van der Waals surface area contributed by atoms with Crippen LogP contribution in [0.25, 0.3) is 0 Å². The minimum absolute atomic E-state index is 0.111.